The molecule has 18 heterocycles. The summed E-state index contributed by atoms with van der Waals surface area (Å²) in [5, 5.41) is 130. The number of alkyl carbamates (subject to hydrolysis) is 1. The molecule has 17 aliphatic heterocycles. The van der Waals surface area contributed by atoms with Crippen molar-refractivity contribution in [3.8, 4) is 0 Å². The van der Waals surface area contributed by atoms with Crippen LogP contribution < -0.4 is 31.9 Å². The van der Waals surface area contributed by atoms with Crippen molar-refractivity contribution in [2.24, 2.45) is 185 Å². The number of hydrogen-bond donors (Lipinski definition) is 14. The van der Waals surface area contributed by atoms with Crippen molar-refractivity contribution in [1.29, 1.82) is 0 Å². The number of ether oxygens (including phenoxy) is 1. The molecule has 1 aromatic heterocycles. The molecule has 16 fully saturated rings. The van der Waals surface area contributed by atoms with E-state index in [2.05, 4.69) is 125 Å². The molecule has 24 heteroatoms. The smallest absolute Gasteiger partial charge is 0.407 e. The Morgan fingerprint density at radius 3 is 1.13 bits per heavy atom. The number of rotatable bonds is 6. The quantitative estimate of drug-likeness (QED) is 0.119. The molecule has 2 aromatic rings. The first-order valence-electron chi connectivity index (χ1n) is 55.0. The highest BCUT2D eigenvalue weighted by Gasteiger charge is 2.72. The Morgan fingerprint density at radius 1 is 0.400 bits per heavy atom. The maximum Gasteiger partial charge on any atom is 0.407 e. The number of hydrogen-bond acceptors (Lipinski definition) is 17. The van der Waals surface area contributed by atoms with E-state index in [1.165, 1.54) is 0 Å². The van der Waals surface area contributed by atoms with Crippen LogP contribution in [-0.4, -0.2) is 171 Å². The van der Waals surface area contributed by atoms with Crippen molar-refractivity contribution in [3.63, 3.8) is 0 Å². The number of carbonyl (C=O) groups is 6. The Hall–Kier alpha value is -5.34. The second-order valence-electron chi connectivity index (χ2n) is 51.8. The van der Waals surface area contributed by atoms with Crippen LogP contribution >= 0.6 is 0 Å². The first kappa shape index (κ1) is 98.4. The first-order chi connectivity index (χ1) is 64.2. The van der Waals surface area contributed by atoms with Gasteiger partial charge >= 0.3 is 6.09 Å². The molecule has 752 valence electrons. The molecule has 35 rings (SSSR count). The summed E-state index contributed by atoms with van der Waals surface area (Å²) in [6.07, 6.45) is 24.0. The van der Waals surface area contributed by atoms with Crippen LogP contribution in [0.25, 0.3) is 0 Å². The second-order valence-corrected chi connectivity index (χ2v) is 51.8. The van der Waals surface area contributed by atoms with E-state index in [1.807, 2.05) is 41.2 Å². The van der Waals surface area contributed by atoms with Crippen LogP contribution in [-0.2, 0) is 35.3 Å². The zero-order valence-corrected chi connectivity index (χ0v) is 83.9. The van der Waals surface area contributed by atoms with Crippen LogP contribution in [0.2, 0.25) is 0 Å². The third-order valence-electron chi connectivity index (χ3n) is 46.5. The number of carbonyl (C=O) groups excluding carboxylic acids is 6. The van der Waals surface area contributed by atoms with Gasteiger partial charge in [-0.05, 0) is 409 Å². The van der Waals surface area contributed by atoms with Crippen molar-refractivity contribution < 1.29 is 74.4 Å². The Kier molecular flexibility index (Phi) is 27.5. The summed E-state index contributed by atoms with van der Waals surface area (Å²) in [5.41, 5.74) is -1.33. The van der Waals surface area contributed by atoms with Gasteiger partial charge in [-0.15, -0.1) is 5.10 Å². The lowest BCUT2D eigenvalue weighted by atomic mass is 9.43. The molecule has 16 saturated carbocycles. The van der Waals surface area contributed by atoms with Gasteiger partial charge in [0, 0.05) is 50.4 Å². The number of benzene rings is 1. The first-order valence-corrected chi connectivity index (χ1v) is 55.0. The number of aromatic nitrogens is 3. The summed E-state index contributed by atoms with van der Waals surface area (Å²) in [4.78, 5) is 85.3. The van der Waals surface area contributed by atoms with Crippen molar-refractivity contribution in [1.82, 2.24) is 41.6 Å². The fourth-order valence-electron chi connectivity index (χ4n) is 38.9. The lowest BCUT2D eigenvalue weighted by Crippen LogP contribution is -2.63. The molecular weight excluding hydrogens is 1700 g/mol. The number of nitrogens with zero attached hydrogens (tertiary/aromatic N) is 3. The normalized spacial score (nSPS) is 51.3. The minimum Gasteiger partial charge on any atom is -0.445 e. The van der Waals surface area contributed by atoms with Crippen LogP contribution in [0.4, 0.5) is 10.6 Å². The van der Waals surface area contributed by atoms with Gasteiger partial charge in [-0.25, -0.2) is 9.48 Å². The zero-order valence-electron chi connectivity index (χ0n) is 83.9. The van der Waals surface area contributed by atoms with Crippen molar-refractivity contribution >= 4 is 41.4 Å². The maximum absolute atomic E-state index is 15.0. The van der Waals surface area contributed by atoms with Gasteiger partial charge in [0.15, 0.2) is 5.82 Å². The van der Waals surface area contributed by atoms with Gasteiger partial charge in [0.2, 0.25) is 29.5 Å². The molecule has 1 aromatic carbocycles. The molecule has 0 spiro atoms. The summed E-state index contributed by atoms with van der Waals surface area (Å²) in [6.45, 7) is 28.1. The van der Waals surface area contributed by atoms with Crippen LogP contribution in [0, 0.1) is 185 Å². The molecule has 45 atom stereocenters. The third-order valence-corrected chi connectivity index (χ3v) is 46.5. The molecule has 135 heavy (non-hydrogen) atoms. The second kappa shape index (κ2) is 37.8. The van der Waals surface area contributed by atoms with Crippen LogP contribution in [0.5, 0.6) is 0 Å². The molecule has 0 unspecified atom stereocenters. The number of aliphatic hydroxyl groups excluding tert-OH is 8. The summed E-state index contributed by atoms with van der Waals surface area (Å²) in [5.74, 6) is 3.06. The number of amides is 6. The Morgan fingerprint density at radius 2 is 0.741 bits per heavy atom. The summed E-state index contributed by atoms with van der Waals surface area (Å²) >= 11 is 0. The summed E-state index contributed by atoms with van der Waals surface area (Å²) in [6, 6.07) is 8.42. The van der Waals surface area contributed by atoms with E-state index in [0.29, 0.717) is 115 Å². The highest BCUT2D eigenvalue weighted by molar-refractivity contribution is 5.89. The van der Waals surface area contributed by atoms with Gasteiger partial charge in [0.05, 0.1) is 61.1 Å². The SMILES string of the molecule is C[C@@H]1CCC(=O)Nc2cn(nn2)[C@@H]2CC[C@@]3(C)[C@H](C2)C[C@@H](O)[C@@H]2[C@@H]3C[C@H](O)[C@]3(C)[C@H](CC[C@@H]23)[C@H](C)CCC(=O)N[C@@H](CCCNC(=O)OCc2ccccc2)C(=O)N[C@@H]2CC[C@@]3(C)[C@H](C2)C[C@@H](O)[C@@H]2[C@@H]3C[C@H](O)[C@]3(C)[C@H](CC[C@@H]23)[C@H](C)CCC(=O)N[C@@H]2CC[C@@]3(C)[C@H](C2)C[C@@H](O)[C@@H]2[C@@H]3C[C@H](O)[C@]3(C)[C@H](CC[C@@H]23)[C@H](C)CCC(=O)N[C@@H]2CC[C@@]3(C)[C@H](C2)C[C@@H](O)[C@@H]2[C@@H]3C[C@H](O)[C@]3(C)[C@@H]1CC[C@@H]23. The average Bonchev–Trinajstić information content (AvgIpc) is 1.65. The van der Waals surface area contributed by atoms with E-state index in [0.717, 1.165) is 128 Å². The van der Waals surface area contributed by atoms with E-state index >= 15 is 0 Å². The average molecular weight is 1870 g/mol. The Bertz CT molecular complexity index is 4600. The van der Waals surface area contributed by atoms with Gasteiger partial charge < -0.3 is 77.5 Å². The summed E-state index contributed by atoms with van der Waals surface area (Å²) in [7, 11) is 0. The van der Waals surface area contributed by atoms with Crippen molar-refractivity contribution in [3.05, 3.63) is 42.1 Å². The van der Waals surface area contributed by atoms with Crippen LogP contribution in [0.1, 0.15) is 339 Å². The highest BCUT2D eigenvalue weighted by atomic mass is 16.5. The van der Waals surface area contributed by atoms with Crippen molar-refractivity contribution in [2.75, 3.05) is 11.9 Å². The molecular formula is C111H173N9O15. The molecule has 14 N–H and O–H groups in total. The van der Waals surface area contributed by atoms with E-state index in [4.69, 9.17) is 4.74 Å². The third kappa shape index (κ3) is 17.1. The fraction of sp³-hybridized carbons (Fsp3) is 0.874. The van der Waals surface area contributed by atoms with Crippen LogP contribution in [0.3, 0.4) is 0 Å². The molecule has 34 bridgehead atoms. The van der Waals surface area contributed by atoms with Crippen LogP contribution in [0.15, 0.2) is 36.5 Å². The lowest BCUT2D eigenvalue weighted by Gasteiger charge is -2.64. The predicted octanol–water partition coefficient (Wildman–Crippen LogP) is 15.5. The number of aliphatic hydroxyl groups is 8. The standard InChI is InChI=1S/C111H173N9O15/c1-59-20-32-94(129)114-69-37-41-105(6)65(46-69)50-86(122)99-77-30-27-75(111(77,12)90(126)54-81(99)105)62(4)23-35-97(132)117-93-57-120(119-118-93)71-39-43-107(8)67(48-71)52-88(124)101-79-31-26-74(110(79,11)92(128)56-83(101)107)61(3)22-34-96(131)116-84(19-16-44-112-103(134)135-58-63-17-14-13-15-18-63)102(133)115-70-38-42-106(7)66(47-70)51-87(123)100-78-29-25-73(109(78,10)91(127)55-82(100)106)60(2)21-33-95(130)113-68-36-40-104(5)64(45-68)49-85(121)98-76-28-24-72(59)108(76,9)89(125)53-80(98)104/h13-15,17-18,57,59-62,64-92,98-101,121-128H,16,19-56,58H2,1-12H3,(H,112,134)(H,113,130)(H,114,129)(H,115,133)(H,116,131)(H,117,132)/t59-,60-,61-,62-,64-,65-,66-,67-,68-,69-,70-,71-,72-,73-,74-,75-,76+,77+,78+,79+,80+,81+,82+,83+,84+,85-,86-,87-,88-,89+,90+,91+,92+,98+,99+,100+,101+,104+,105+,106+,107+,108-,109-,110-,111-/m1/s1. The lowest BCUT2D eigenvalue weighted by molar-refractivity contribution is -0.204. The Labute approximate surface area is 805 Å². The van der Waals surface area contributed by atoms with E-state index in [9.17, 15) is 69.6 Å². The van der Waals surface area contributed by atoms with Gasteiger partial charge in [-0.1, -0.05) is 119 Å². The molecule has 24 nitrogen and oxygen atoms in total. The van der Waals surface area contributed by atoms with E-state index in [-0.39, 0.29) is 249 Å². The minimum atomic E-state index is -0.889. The number of nitrogens with one attached hydrogen (secondary N) is 6. The molecule has 16 aliphatic carbocycles. The molecule has 0 radical (unpaired) electrons. The van der Waals surface area contributed by atoms with Gasteiger partial charge in [0.25, 0.3) is 0 Å². The van der Waals surface area contributed by atoms with Crippen molar-refractivity contribution in [2.45, 2.75) is 413 Å². The van der Waals surface area contributed by atoms with E-state index < -0.39 is 77.2 Å². The zero-order chi connectivity index (χ0) is 95.4. The van der Waals surface area contributed by atoms with Gasteiger partial charge in [-0.2, -0.15) is 0 Å². The topological polar surface area (TPSA) is 376 Å². The van der Waals surface area contributed by atoms with E-state index in [1.54, 1.807) is 0 Å². The highest BCUT2D eigenvalue weighted by Crippen LogP contribution is 2.75. The molecule has 0 saturated heterocycles. The minimum absolute atomic E-state index is 0.000657. The Balaban J connectivity index is 0.523. The maximum atomic E-state index is 15.0. The molecule has 6 amide bonds. The number of anilines is 1. The molecule has 33 aliphatic rings. The van der Waals surface area contributed by atoms with Gasteiger partial charge in [0.1, 0.15) is 12.6 Å². The largest absolute Gasteiger partial charge is 0.445 e. The van der Waals surface area contributed by atoms with Gasteiger partial charge in [-0.3, -0.25) is 24.0 Å². The summed E-state index contributed by atoms with van der Waals surface area (Å²) < 4.78 is 7.45. The fourth-order valence-corrected chi connectivity index (χ4v) is 38.9. The predicted molar refractivity (Wildman–Crippen MR) is 515 cm³/mol. The monoisotopic (exact) mass is 1870 g/mol.